The molecule has 0 aromatic heterocycles. The van der Waals surface area contributed by atoms with Crippen LogP contribution in [0.25, 0.3) is 5.76 Å². The van der Waals surface area contributed by atoms with Gasteiger partial charge in [-0.05, 0) is 30.5 Å². The van der Waals surface area contributed by atoms with Crippen molar-refractivity contribution < 1.29 is 23.8 Å². The van der Waals surface area contributed by atoms with Crippen molar-refractivity contribution in [2.75, 3.05) is 13.7 Å². The number of Topliss-reactive ketones (excluding diaryl/α,β-unsaturated/α-hetero) is 1. The number of hydrogen-bond acceptors (Lipinski definition) is 5. The predicted octanol–water partition coefficient (Wildman–Crippen LogP) is 3.95. The fourth-order valence-electron chi connectivity index (χ4n) is 4.59. The number of benzene rings is 2. The molecule has 3 aliphatic rings. The lowest BCUT2D eigenvalue weighted by atomic mass is 9.74. The van der Waals surface area contributed by atoms with Crippen molar-refractivity contribution in [1.29, 1.82) is 0 Å². The Balaban J connectivity index is 1.63. The molecule has 5 heteroatoms. The molecule has 1 aliphatic carbocycles. The number of carbonyl (C=O) groups excluding carboxylic acids is 2. The second-order valence-corrected chi connectivity index (χ2v) is 7.37. The number of carbonyl (C=O) groups is 2. The van der Waals surface area contributed by atoms with Crippen molar-refractivity contribution in [3.05, 3.63) is 76.4 Å². The monoisotopic (exact) mass is 376 g/mol. The van der Waals surface area contributed by atoms with Gasteiger partial charge < -0.3 is 14.2 Å². The van der Waals surface area contributed by atoms with Crippen LogP contribution < -0.4 is 0 Å². The second kappa shape index (κ2) is 6.60. The van der Waals surface area contributed by atoms with Crippen LogP contribution in [0.5, 0.6) is 0 Å². The SMILES string of the molecule is COC(=O)c1ccc([C@H]2C3=C(O[C@H]4OCCC[C@H]42)c2ccccc2C3=O)cc1. The first-order valence-electron chi connectivity index (χ1n) is 9.54. The molecule has 2 heterocycles. The van der Waals surface area contributed by atoms with E-state index in [9.17, 15) is 9.59 Å². The summed E-state index contributed by atoms with van der Waals surface area (Å²) in [4.78, 5) is 25.0. The summed E-state index contributed by atoms with van der Waals surface area (Å²) in [5.74, 6) is 0.236. The van der Waals surface area contributed by atoms with Crippen LogP contribution in [-0.4, -0.2) is 31.8 Å². The zero-order valence-corrected chi connectivity index (χ0v) is 15.5. The lowest BCUT2D eigenvalue weighted by molar-refractivity contribution is -0.165. The number of ketones is 1. The molecule has 0 unspecified atom stereocenters. The van der Waals surface area contributed by atoms with Gasteiger partial charge in [0.2, 0.25) is 6.29 Å². The third kappa shape index (κ3) is 2.50. The van der Waals surface area contributed by atoms with Crippen LogP contribution in [0.15, 0.2) is 54.1 Å². The van der Waals surface area contributed by atoms with Crippen molar-refractivity contribution in [2.24, 2.45) is 5.92 Å². The molecule has 1 fully saturated rings. The second-order valence-electron chi connectivity index (χ2n) is 7.37. The summed E-state index contributed by atoms with van der Waals surface area (Å²) in [7, 11) is 1.37. The molecule has 5 rings (SSSR count). The Morgan fingerprint density at radius 1 is 1.07 bits per heavy atom. The molecule has 2 aromatic rings. The van der Waals surface area contributed by atoms with Gasteiger partial charge in [-0.25, -0.2) is 4.79 Å². The Hall–Kier alpha value is -2.92. The Labute approximate surface area is 162 Å². The molecule has 28 heavy (non-hydrogen) atoms. The summed E-state index contributed by atoms with van der Waals surface area (Å²) < 4.78 is 16.9. The summed E-state index contributed by atoms with van der Waals surface area (Å²) >= 11 is 0. The summed E-state index contributed by atoms with van der Waals surface area (Å²) in [5.41, 5.74) is 3.71. The summed E-state index contributed by atoms with van der Waals surface area (Å²) in [6, 6.07) is 14.9. The van der Waals surface area contributed by atoms with E-state index in [0.29, 0.717) is 29.1 Å². The largest absolute Gasteiger partial charge is 0.465 e. The van der Waals surface area contributed by atoms with E-state index in [1.807, 2.05) is 36.4 Å². The Kier molecular flexibility index (Phi) is 4.05. The first kappa shape index (κ1) is 17.2. The Bertz CT molecular complexity index is 988. The Morgan fingerprint density at radius 3 is 2.57 bits per heavy atom. The molecule has 2 aromatic carbocycles. The highest BCUT2D eigenvalue weighted by atomic mass is 16.7. The van der Waals surface area contributed by atoms with E-state index in [4.69, 9.17) is 14.2 Å². The highest BCUT2D eigenvalue weighted by Crippen LogP contribution is 2.52. The standard InChI is InChI=1S/C23H20O5/c1-26-22(25)14-10-8-13(9-11-14)18-17-7-4-12-27-23(17)28-21-16-6-3-2-5-15(16)20(24)19(18)21/h2-3,5-6,8-11,17-18,23H,4,7,12H2,1H3/t17-,18+,23+/m0/s1. The fraction of sp³-hybridized carbons (Fsp3) is 0.304. The van der Waals surface area contributed by atoms with Gasteiger partial charge in [0.05, 0.1) is 24.9 Å². The third-order valence-electron chi connectivity index (χ3n) is 5.88. The highest BCUT2D eigenvalue weighted by Gasteiger charge is 2.48. The minimum atomic E-state index is -0.373. The number of hydrogen-bond donors (Lipinski definition) is 0. The first-order valence-corrected chi connectivity index (χ1v) is 9.54. The minimum Gasteiger partial charge on any atom is -0.465 e. The lowest BCUT2D eigenvalue weighted by Crippen LogP contribution is -2.40. The van der Waals surface area contributed by atoms with E-state index in [0.717, 1.165) is 24.0 Å². The van der Waals surface area contributed by atoms with Crippen molar-refractivity contribution >= 4 is 17.5 Å². The molecule has 0 N–H and O–H groups in total. The maximum atomic E-state index is 13.3. The molecule has 0 amide bonds. The minimum absolute atomic E-state index is 0.0247. The van der Waals surface area contributed by atoms with Gasteiger partial charge in [-0.3, -0.25) is 4.79 Å². The average molecular weight is 376 g/mol. The van der Waals surface area contributed by atoms with Gasteiger partial charge >= 0.3 is 5.97 Å². The summed E-state index contributed by atoms with van der Waals surface area (Å²) in [5, 5.41) is 0. The lowest BCUT2D eigenvalue weighted by Gasteiger charge is -2.41. The molecule has 3 atom stereocenters. The van der Waals surface area contributed by atoms with Crippen LogP contribution in [0.2, 0.25) is 0 Å². The smallest absolute Gasteiger partial charge is 0.337 e. The number of fused-ring (bicyclic) bond motifs is 3. The van der Waals surface area contributed by atoms with Gasteiger partial charge in [0.25, 0.3) is 0 Å². The number of methoxy groups -OCH3 is 1. The molecule has 2 aliphatic heterocycles. The van der Waals surface area contributed by atoms with E-state index in [2.05, 4.69) is 0 Å². The predicted molar refractivity (Wildman–Crippen MR) is 102 cm³/mol. The summed E-state index contributed by atoms with van der Waals surface area (Å²) in [6.45, 7) is 0.660. The number of esters is 1. The molecule has 142 valence electrons. The quantitative estimate of drug-likeness (QED) is 0.743. The molecule has 0 bridgehead atoms. The fourth-order valence-corrected chi connectivity index (χ4v) is 4.59. The van der Waals surface area contributed by atoms with Crippen LogP contribution in [0.4, 0.5) is 0 Å². The topological polar surface area (TPSA) is 61.8 Å². The maximum Gasteiger partial charge on any atom is 0.337 e. The van der Waals surface area contributed by atoms with Gasteiger partial charge in [0.1, 0.15) is 5.76 Å². The van der Waals surface area contributed by atoms with Gasteiger partial charge in [0.15, 0.2) is 5.78 Å². The van der Waals surface area contributed by atoms with Gasteiger partial charge in [-0.2, -0.15) is 0 Å². The Morgan fingerprint density at radius 2 is 1.82 bits per heavy atom. The van der Waals surface area contributed by atoms with Gasteiger partial charge in [0, 0.05) is 23.0 Å². The van der Waals surface area contributed by atoms with Crippen LogP contribution >= 0.6 is 0 Å². The van der Waals surface area contributed by atoms with Crippen molar-refractivity contribution in [2.45, 2.75) is 25.0 Å². The number of ether oxygens (including phenoxy) is 3. The zero-order valence-electron chi connectivity index (χ0n) is 15.5. The molecule has 0 radical (unpaired) electrons. The molecular formula is C23H20O5. The van der Waals surface area contributed by atoms with Crippen LogP contribution in [-0.2, 0) is 14.2 Å². The van der Waals surface area contributed by atoms with E-state index in [-0.39, 0.29) is 29.9 Å². The molecule has 1 saturated heterocycles. The average Bonchev–Trinajstić information content (AvgIpc) is 3.04. The zero-order chi connectivity index (χ0) is 19.3. The molecule has 5 nitrogen and oxygen atoms in total. The van der Waals surface area contributed by atoms with E-state index in [1.165, 1.54) is 7.11 Å². The summed E-state index contributed by atoms with van der Waals surface area (Å²) in [6.07, 6.45) is 1.50. The molecular weight excluding hydrogens is 356 g/mol. The van der Waals surface area contributed by atoms with Gasteiger partial charge in [-0.15, -0.1) is 0 Å². The molecule has 0 spiro atoms. The number of rotatable bonds is 2. The van der Waals surface area contributed by atoms with E-state index in [1.54, 1.807) is 12.1 Å². The normalized spacial score (nSPS) is 25.5. The van der Waals surface area contributed by atoms with E-state index >= 15 is 0 Å². The first-order chi connectivity index (χ1) is 13.7. The van der Waals surface area contributed by atoms with Crippen molar-refractivity contribution in [3.8, 4) is 0 Å². The van der Waals surface area contributed by atoms with Crippen LogP contribution in [0.1, 0.15) is 50.6 Å². The van der Waals surface area contributed by atoms with Gasteiger partial charge in [-0.1, -0.05) is 36.4 Å². The van der Waals surface area contributed by atoms with E-state index < -0.39 is 0 Å². The van der Waals surface area contributed by atoms with Crippen molar-refractivity contribution in [3.63, 3.8) is 0 Å². The van der Waals surface area contributed by atoms with Crippen LogP contribution in [0, 0.1) is 5.92 Å². The highest BCUT2D eigenvalue weighted by molar-refractivity contribution is 6.20. The van der Waals surface area contributed by atoms with Crippen molar-refractivity contribution in [1.82, 2.24) is 0 Å². The third-order valence-corrected chi connectivity index (χ3v) is 5.88. The van der Waals surface area contributed by atoms with Crippen LogP contribution in [0.3, 0.4) is 0 Å². The number of allylic oxidation sites excluding steroid dienone is 1. The molecule has 0 saturated carbocycles. The maximum absolute atomic E-state index is 13.3.